The third-order valence-electron chi connectivity index (χ3n) is 3.39. The summed E-state index contributed by atoms with van der Waals surface area (Å²) in [6.45, 7) is 2.17. The van der Waals surface area contributed by atoms with Crippen LogP contribution in [0.2, 0.25) is 0 Å². The minimum absolute atomic E-state index is 0.0646. The SMILES string of the molecule is CC1=C(c2ccccc2)[C@H]1C(=O)NCc1n[nH]c(=O)[nH]1. The van der Waals surface area contributed by atoms with E-state index in [-0.39, 0.29) is 24.1 Å². The molecule has 6 nitrogen and oxygen atoms in total. The molecule has 1 aliphatic carbocycles. The fourth-order valence-electron chi connectivity index (χ4n) is 2.33. The Morgan fingerprint density at radius 1 is 1.35 bits per heavy atom. The van der Waals surface area contributed by atoms with E-state index in [0.29, 0.717) is 5.82 Å². The fourth-order valence-corrected chi connectivity index (χ4v) is 2.33. The average Bonchev–Trinajstić information content (AvgIpc) is 2.95. The van der Waals surface area contributed by atoms with E-state index < -0.39 is 0 Å². The van der Waals surface area contributed by atoms with Gasteiger partial charge < -0.3 is 5.32 Å². The minimum atomic E-state index is -0.375. The van der Waals surface area contributed by atoms with E-state index in [9.17, 15) is 9.59 Å². The van der Waals surface area contributed by atoms with Crippen molar-refractivity contribution in [3.8, 4) is 0 Å². The van der Waals surface area contributed by atoms with Crippen molar-refractivity contribution in [3.63, 3.8) is 0 Å². The number of H-pyrrole nitrogens is 2. The van der Waals surface area contributed by atoms with Crippen LogP contribution in [0.15, 0.2) is 40.7 Å². The molecule has 0 saturated heterocycles. The standard InChI is InChI=1S/C14H14N4O2/c1-8-11(9-5-3-2-4-6-9)12(8)13(19)15-7-10-16-14(20)18-17-10/h2-6,12H,7H2,1H3,(H,15,19)(H2,16,17,18,20)/t12-/m0/s1. The number of hydrogen-bond acceptors (Lipinski definition) is 3. The molecule has 3 N–H and O–H groups in total. The van der Waals surface area contributed by atoms with Gasteiger partial charge in [0.05, 0.1) is 12.5 Å². The first-order valence-corrected chi connectivity index (χ1v) is 6.34. The Balaban J connectivity index is 1.62. The van der Waals surface area contributed by atoms with Crippen LogP contribution in [0.3, 0.4) is 0 Å². The molecular formula is C14H14N4O2. The van der Waals surface area contributed by atoms with Crippen molar-refractivity contribution in [1.82, 2.24) is 20.5 Å². The van der Waals surface area contributed by atoms with Crippen LogP contribution >= 0.6 is 0 Å². The Hall–Kier alpha value is -2.63. The van der Waals surface area contributed by atoms with E-state index in [1.165, 1.54) is 0 Å². The van der Waals surface area contributed by atoms with E-state index in [1.54, 1.807) is 0 Å². The largest absolute Gasteiger partial charge is 0.348 e. The Labute approximate surface area is 114 Å². The van der Waals surface area contributed by atoms with Gasteiger partial charge in [-0.25, -0.2) is 9.89 Å². The van der Waals surface area contributed by atoms with Gasteiger partial charge in [0.2, 0.25) is 5.91 Å². The molecule has 1 aromatic carbocycles. The zero-order chi connectivity index (χ0) is 14.1. The van der Waals surface area contributed by atoms with Gasteiger partial charge in [-0.3, -0.25) is 9.78 Å². The molecule has 0 radical (unpaired) electrons. The molecule has 3 rings (SSSR count). The van der Waals surface area contributed by atoms with Gasteiger partial charge in [-0.15, -0.1) is 0 Å². The van der Waals surface area contributed by atoms with E-state index >= 15 is 0 Å². The average molecular weight is 270 g/mol. The number of nitrogens with zero attached hydrogens (tertiary/aromatic N) is 1. The van der Waals surface area contributed by atoms with E-state index in [4.69, 9.17) is 0 Å². The van der Waals surface area contributed by atoms with Gasteiger partial charge >= 0.3 is 5.69 Å². The molecule has 0 unspecified atom stereocenters. The number of aromatic nitrogens is 3. The van der Waals surface area contributed by atoms with Gasteiger partial charge in [0.15, 0.2) is 0 Å². The molecule has 20 heavy (non-hydrogen) atoms. The monoisotopic (exact) mass is 270 g/mol. The van der Waals surface area contributed by atoms with Crippen molar-refractivity contribution in [2.75, 3.05) is 0 Å². The second kappa shape index (κ2) is 4.80. The second-order valence-electron chi connectivity index (χ2n) is 4.74. The quantitative estimate of drug-likeness (QED) is 0.768. The lowest BCUT2D eigenvalue weighted by molar-refractivity contribution is -0.121. The smallest absolute Gasteiger partial charge is 0.340 e. The van der Waals surface area contributed by atoms with Gasteiger partial charge in [0.25, 0.3) is 0 Å². The molecule has 0 fully saturated rings. The maximum atomic E-state index is 12.1. The number of hydrogen-bond donors (Lipinski definition) is 3. The fraction of sp³-hybridized carbons (Fsp3) is 0.214. The second-order valence-corrected chi connectivity index (χ2v) is 4.74. The van der Waals surface area contributed by atoms with Crippen LogP contribution in [0, 0.1) is 5.92 Å². The van der Waals surface area contributed by atoms with Crippen LogP contribution in [-0.2, 0) is 11.3 Å². The lowest BCUT2D eigenvalue weighted by Gasteiger charge is -2.03. The summed E-state index contributed by atoms with van der Waals surface area (Å²) in [7, 11) is 0. The first-order valence-electron chi connectivity index (χ1n) is 6.34. The highest BCUT2D eigenvalue weighted by molar-refractivity contribution is 6.05. The predicted molar refractivity (Wildman–Crippen MR) is 73.6 cm³/mol. The summed E-state index contributed by atoms with van der Waals surface area (Å²) in [5.74, 6) is 0.191. The van der Waals surface area contributed by atoms with Gasteiger partial charge in [-0.1, -0.05) is 35.9 Å². The van der Waals surface area contributed by atoms with E-state index in [1.807, 2.05) is 37.3 Å². The Morgan fingerprint density at radius 2 is 2.10 bits per heavy atom. The van der Waals surface area contributed by atoms with Gasteiger partial charge in [0, 0.05) is 0 Å². The number of amides is 1. The molecule has 1 amide bonds. The lowest BCUT2D eigenvalue weighted by atomic mass is 10.1. The Kier molecular flexibility index (Phi) is 2.98. The van der Waals surface area contributed by atoms with Crippen LogP contribution in [0.4, 0.5) is 0 Å². The third kappa shape index (κ3) is 2.27. The Bertz CT molecular complexity index is 727. The van der Waals surface area contributed by atoms with Crippen LogP contribution in [0.5, 0.6) is 0 Å². The van der Waals surface area contributed by atoms with Crippen LogP contribution in [0.1, 0.15) is 18.3 Å². The molecule has 0 spiro atoms. The summed E-state index contributed by atoms with van der Waals surface area (Å²) >= 11 is 0. The van der Waals surface area contributed by atoms with Crippen LogP contribution in [-0.4, -0.2) is 21.1 Å². The first-order chi connectivity index (χ1) is 9.66. The molecule has 1 heterocycles. The van der Waals surface area contributed by atoms with Gasteiger partial charge in [-0.05, 0) is 18.1 Å². The van der Waals surface area contributed by atoms with Crippen molar-refractivity contribution in [3.05, 3.63) is 57.8 Å². The molecule has 0 saturated carbocycles. The number of rotatable bonds is 4. The summed E-state index contributed by atoms with van der Waals surface area (Å²) < 4.78 is 0. The molecule has 0 bridgehead atoms. The maximum absolute atomic E-state index is 12.1. The highest BCUT2D eigenvalue weighted by Crippen LogP contribution is 2.46. The molecule has 2 aromatic rings. The third-order valence-corrected chi connectivity index (χ3v) is 3.39. The van der Waals surface area contributed by atoms with Crippen molar-refractivity contribution in [2.24, 2.45) is 5.92 Å². The normalized spacial score (nSPS) is 17.1. The molecular weight excluding hydrogens is 256 g/mol. The number of carbonyl (C=O) groups is 1. The summed E-state index contributed by atoms with van der Waals surface area (Å²) in [5.41, 5.74) is 2.88. The Morgan fingerprint density at radius 3 is 2.75 bits per heavy atom. The highest BCUT2D eigenvalue weighted by atomic mass is 16.2. The van der Waals surface area contributed by atoms with Crippen molar-refractivity contribution < 1.29 is 4.79 Å². The number of carbonyl (C=O) groups excluding carboxylic acids is 1. The topological polar surface area (TPSA) is 90.6 Å². The van der Waals surface area contributed by atoms with E-state index in [0.717, 1.165) is 16.7 Å². The molecule has 6 heteroatoms. The summed E-state index contributed by atoms with van der Waals surface area (Å²) in [6, 6.07) is 9.86. The zero-order valence-electron chi connectivity index (χ0n) is 10.9. The maximum Gasteiger partial charge on any atom is 0.340 e. The number of nitrogens with one attached hydrogen (secondary N) is 3. The summed E-state index contributed by atoms with van der Waals surface area (Å²) in [6.07, 6.45) is 0. The molecule has 0 aliphatic heterocycles. The van der Waals surface area contributed by atoms with Gasteiger partial charge in [-0.2, -0.15) is 5.10 Å². The van der Waals surface area contributed by atoms with Crippen molar-refractivity contribution in [1.29, 1.82) is 0 Å². The summed E-state index contributed by atoms with van der Waals surface area (Å²) in [4.78, 5) is 25.5. The number of benzene rings is 1. The molecule has 102 valence electrons. The van der Waals surface area contributed by atoms with Gasteiger partial charge in [0.1, 0.15) is 5.82 Å². The lowest BCUT2D eigenvalue weighted by Crippen LogP contribution is -2.26. The minimum Gasteiger partial charge on any atom is -0.348 e. The summed E-state index contributed by atoms with van der Waals surface area (Å²) in [5, 5.41) is 8.77. The van der Waals surface area contributed by atoms with E-state index in [2.05, 4.69) is 20.5 Å². The van der Waals surface area contributed by atoms with Crippen LogP contribution in [0.25, 0.3) is 5.57 Å². The predicted octanol–water partition coefficient (Wildman–Crippen LogP) is 0.818. The molecule has 1 aliphatic rings. The zero-order valence-corrected chi connectivity index (χ0v) is 10.9. The first kappa shape index (κ1) is 12.4. The highest BCUT2D eigenvalue weighted by Gasteiger charge is 2.39. The van der Waals surface area contributed by atoms with Crippen molar-refractivity contribution in [2.45, 2.75) is 13.5 Å². The van der Waals surface area contributed by atoms with Crippen LogP contribution < -0.4 is 11.0 Å². The van der Waals surface area contributed by atoms with Crippen molar-refractivity contribution >= 4 is 11.5 Å². The number of aromatic amines is 2. The molecule has 1 atom stereocenters. The molecule has 1 aromatic heterocycles.